The second kappa shape index (κ2) is 5.79. The van der Waals surface area contributed by atoms with E-state index in [1.165, 1.54) is 18.5 Å². The number of hydrogen-bond acceptors (Lipinski definition) is 3. The number of benzene rings is 1. The molecule has 6 heteroatoms. The van der Waals surface area contributed by atoms with Crippen LogP contribution in [0.4, 0.5) is 13.2 Å². The molecule has 2 rings (SSSR count). The summed E-state index contributed by atoms with van der Waals surface area (Å²) in [5.74, 6) is -3.87. The lowest BCUT2D eigenvalue weighted by Gasteiger charge is -2.19. The highest BCUT2D eigenvalue weighted by Gasteiger charge is 2.21. The van der Waals surface area contributed by atoms with Crippen LogP contribution in [0.15, 0.2) is 30.6 Å². The summed E-state index contributed by atoms with van der Waals surface area (Å²) < 4.78 is 40.1. The summed E-state index contributed by atoms with van der Waals surface area (Å²) in [7, 11) is 0. The number of halogens is 3. The van der Waals surface area contributed by atoms with Crippen molar-refractivity contribution in [3.63, 3.8) is 0 Å². The van der Waals surface area contributed by atoms with Gasteiger partial charge < -0.3 is 5.32 Å². The van der Waals surface area contributed by atoms with E-state index < -0.39 is 23.5 Å². The first kappa shape index (κ1) is 13.5. The fourth-order valence-electron chi connectivity index (χ4n) is 1.85. The van der Waals surface area contributed by atoms with E-state index in [9.17, 15) is 13.2 Å². The molecule has 1 atom stereocenters. The van der Waals surface area contributed by atoms with Crippen LogP contribution in [0.1, 0.15) is 24.1 Å². The van der Waals surface area contributed by atoms with Gasteiger partial charge in [-0.1, -0.05) is 13.0 Å². The summed E-state index contributed by atoms with van der Waals surface area (Å²) in [6.07, 6.45) is 2.91. The molecule has 0 fully saturated rings. The van der Waals surface area contributed by atoms with E-state index in [-0.39, 0.29) is 5.56 Å². The zero-order valence-electron chi connectivity index (χ0n) is 10.2. The van der Waals surface area contributed by atoms with Gasteiger partial charge >= 0.3 is 0 Å². The van der Waals surface area contributed by atoms with Gasteiger partial charge in [0.2, 0.25) is 0 Å². The van der Waals surface area contributed by atoms with Gasteiger partial charge in [-0.15, -0.1) is 0 Å². The Balaban J connectivity index is 2.49. The SMILES string of the molecule is CCNC(c1ccnnc1)c1ccc(F)c(F)c1F. The minimum absolute atomic E-state index is 0.0359. The van der Waals surface area contributed by atoms with Crippen molar-refractivity contribution in [1.29, 1.82) is 0 Å². The van der Waals surface area contributed by atoms with Gasteiger partial charge in [-0.05, 0) is 24.2 Å². The highest BCUT2D eigenvalue weighted by molar-refractivity contribution is 5.31. The number of nitrogens with zero attached hydrogens (tertiary/aromatic N) is 2. The first-order valence-electron chi connectivity index (χ1n) is 5.78. The van der Waals surface area contributed by atoms with Gasteiger partial charge in [0.1, 0.15) is 0 Å². The van der Waals surface area contributed by atoms with Gasteiger partial charge in [0.15, 0.2) is 17.5 Å². The highest BCUT2D eigenvalue weighted by atomic mass is 19.2. The minimum Gasteiger partial charge on any atom is -0.306 e. The molecule has 0 spiro atoms. The predicted octanol–water partition coefficient (Wildman–Crippen LogP) is 2.59. The third-order valence-electron chi connectivity index (χ3n) is 2.72. The molecule has 1 aromatic heterocycles. The molecule has 3 nitrogen and oxygen atoms in total. The predicted molar refractivity (Wildman–Crippen MR) is 63.9 cm³/mol. The van der Waals surface area contributed by atoms with E-state index in [0.29, 0.717) is 12.1 Å². The van der Waals surface area contributed by atoms with Crippen LogP contribution < -0.4 is 5.32 Å². The van der Waals surface area contributed by atoms with E-state index >= 15 is 0 Å². The molecule has 0 bridgehead atoms. The van der Waals surface area contributed by atoms with Crippen LogP contribution in [0.25, 0.3) is 0 Å². The van der Waals surface area contributed by atoms with Crippen LogP contribution in [0.5, 0.6) is 0 Å². The van der Waals surface area contributed by atoms with Crippen molar-refractivity contribution in [2.75, 3.05) is 6.54 Å². The molecule has 1 N–H and O–H groups in total. The Hall–Kier alpha value is -1.95. The lowest BCUT2D eigenvalue weighted by Crippen LogP contribution is -2.23. The summed E-state index contributed by atoms with van der Waals surface area (Å²) in [5, 5.41) is 10.3. The minimum atomic E-state index is -1.47. The number of hydrogen-bond donors (Lipinski definition) is 1. The van der Waals surface area contributed by atoms with Crippen LogP contribution in [-0.2, 0) is 0 Å². The Bertz CT molecular complexity index is 561. The van der Waals surface area contributed by atoms with Crippen molar-refractivity contribution in [3.8, 4) is 0 Å². The van der Waals surface area contributed by atoms with Crippen molar-refractivity contribution in [2.24, 2.45) is 0 Å². The molecule has 1 heterocycles. The van der Waals surface area contributed by atoms with Gasteiger partial charge in [0, 0.05) is 11.8 Å². The largest absolute Gasteiger partial charge is 0.306 e. The summed E-state index contributed by atoms with van der Waals surface area (Å²) in [4.78, 5) is 0. The smallest absolute Gasteiger partial charge is 0.194 e. The Morgan fingerprint density at radius 3 is 2.53 bits per heavy atom. The van der Waals surface area contributed by atoms with Crippen molar-refractivity contribution < 1.29 is 13.2 Å². The van der Waals surface area contributed by atoms with Crippen LogP contribution in [0, 0.1) is 17.5 Å². The molecular weight excluding hydrogens is 255 g/mol. The van der Waals surface area contributed by atoms with E-state index in [0.717, 1.165) is 6.07 Å². The molecule has 2 aromatic rings. The zero-order valence-corrected chi connectivity index (χ0v) is 10.2. The van der Waals surface area contributed by atoms with E-state index in [1.807, 2.05) is 6.92 Å². The molecule has 1 aromatic carbocycles. The third-order valence-corrected chi connectivity index (χ3v) is 2.72. The maximum atomic E-state index is 13.8. The van der Waals surface area contributed by atoms with Gasteiger partial charge in [-0.3, -0.25) is 0 Å². The highest BCUT2D eigenvalue weighted by Crippen LogP contribution is 2.26. The van der Waals surface area contributed by atoms with Crippen molar-refractivity contribution in [1.82, 2.24) is 15.5 Å². The molecule has 0 aliphatic carbocycles. The molecule has 0 aliphatic rings. The Morgan fingerprint density at radius 1 is 1.11 bits per heavy atom. The van der Waals surface area contributed by atoms with Crippen LogP contribution >= 0.6 is 0 Å². The Labute approximate surface area is 108 Å². The van der Waals surface area contributed by atoms with Crippen molar-refractivity contribution in [3.05, 3.63) is 59.2 Å². The second-order valence-electron chi connectivity index (χ2n) is 3.93. The van der Waals surface area contributed by atoms with Crippen LogP contribution in [-0.4, -0.2) is 16.7 Å². The average molecular weight is 267 g/mol. The van der Waals surface area contributed by atoms with Gasteiger partial charge in [-0.25, -0.2) is 13.2 Å². The fourth-order valence-corrected chi connectivity index (χ4v) is 1.85. The zero-order chi connectivity index (χ0) is 13.8. The summed E-state index contributed by atoms with van der Waals surface area (Å²) >= 11 is 0. The molecule has 0 saturated carbocycles. The fraction of sp³-hybridized carbons (Fsp3) is 0.231. The normalized spacial score (nSPS) is 12.4. The van der Waals surface area contributed by atoms with Crippen LogP contribution in [0.3, 0.4) is 0 Å². The molecule has 1 unspecified atom stereocenters. The molecule has 100 valence electrons. The molecule has 0 radical (unpaired) electrons. The van der Waals surface area contributed by atoms with Crippen molar-refractivity contribution in [2.45, 2.75) is 13.0 Å². The van der Waals surface area contributed by atoms with Gasteiger partial charge in [0.25, 0.3) is 0 Å². The first-order valence-corrected chi connectivity index (χ1v) is 5.78. The second-order valence-corrected chi connectivity index (χ2v) is 3.93. The van der Waals surface area contributed by atoms with Crippen molar-refractivity contribution >= 4 is 0 Å². The molecule has 19 heavy (non-hydrogen) atoms. The average Bonchev–Trinajstić information content (AvgIpc) is 2.44. The van der Waals surface area contributed by atoms with Gasteiger partial charge in [0.05, 0.1) is 12.2 Å². The molecular formula is C13H12F3N3. The van der Waals surface area contributed by atoms with E-state index in [2.05, 4.69) is 15.5 Å². The topological polar surface area (TPSA) is 37.8 Å². The summed E-state index contributed by atoms with van der Waals surface area (Å²) in [6.45, 7) is 2.37. The maximum absolute atomic E-state index is 13.8. The number of nitrogens with one attached hydrogen (secondary N) is 1. The number of aromatic nitrogens is 2. The molecule has 0 amide bonds. The lowest BCUT2D eigenvalue weighted by molar-refractivity contribution is 0.433. The third kappa shape index (κ3) is 2.73. The van der Waals surface area contributed by atoms with Crippen LogP contribution in [0.2, 0.25) is 0 Å². The lowest BCUT2D eigenvalue weighted by atomic mass is 9.99. The summed E-state index contributed by atoms with van der Waals surface area (Å²) in [6, 6.07) is 3.17. The quantitative estimate of drug-likeness (QED) is 0.865. The number of rotatable bonds is 4. The standard InChI is InChI=1S/C13H12F3N3/c1-2-17-13(8-5-6-18-19-7-8)9-3-4-10(14)12(16)11(9)15/h3-7,13,17H,2H2,1H3. The molecule has 0 aliphatic heterocycles. The van der Waals surface area contributed by atoms with Gasteiger partial charge in [-0.2, -0.15) is 10.2 Å². The molecule has 0 saturated heterocycles. The Kier molecular flexibility index (Phi) is 4.11. The Morgan fingerprint density at radius 2 is 1.89 bits per heavy atom. The van der Waals surface area contributed by atoms with E-state index in [4.69, 9.17) is 0 Å². The monoisotopic (exact) mass is 267 g/mol. The maximum Gasteiger partial charge on any atom is 0.194 e. The summed E-state index contributed by atoms with van der Waals surface area (Å²) in [5.41, 5.74) is 0.663. The first-order chi connectivity index (χ1) is 9.15. The van der Waals surface area contributed by atoms with E-state index in [1.54, 1.807) is 6.07 Å².